The number of carbonyl (C=O) groups is 4. The molecule has 0 bridgehead atoms. The highest BCUT2D eigenvalue weighted by Gasteiger charge is 2.20. The fourth-order valence-corrected chi connectivity index (χ4v) is 3.61. The van der Waals surface area contributed by atoms with Crippen LogP contribution >= 0.6 is 23.4 Å². The Bertz CT molecular complexity index is 1040. The predicted molar refractivity (Wildman–Crippen MR) is 119 cm³/mol. The van der Waals surface area contributed by atoms with Crippen LogP contribution in [0.4, 0.5) is 11.4 Å². The number of halogens is 1. The van der Waals surface area contributed by atoms with Gasteiger partial charge in [0.15, 0.2) is 0 Å². The molecular weight excluding hydrogens is 444 g/mol. The monoisotopic (exact) mass is 462 g/mol. The molecule has 0 aliphatic rings. The Morgan fingerprint density at radius 1 is 1.06 bits per heavy atom. The molecule has 1 atom stereocenters. The van der Waals surface area contributed by atoms with E-state index in [0.29, 0.717) is 17.0 Å². The van der Waals surface area contributed by atoms with E-state index in [2.05, 4.69) is 10.6 Å². The van der Waals surface area contributed by atoms with Crippen LogP contribution in [0.15, 0.2) is 59.5 Å². The number of aromatic carboxylic acids is 1. The molecule has 0 saturated carbocycles. The number of hydrogen-bond donors (Lipinski definition) is 4. The van der Waals surface area contributed by atoms with Crippen LogP contribution in [0.3, 0.4) is 0 Å². The number of carboxylic acid groups (broad SMARTS) is 2. The van der Waals surface area contributed by atoms with E-state index in [1.54, 1.807) is 24.3 Å². The molecule has 0 heterocycles. The quantitative estimate of drug-likeness (QED) is 0.325. The minimum Gasteiger partial charge on any atom is -0.478 e. The van der Waals surface area contributed by atoms with E-state index in [1.165, 1.54) is 30.0 Å². The summed E-state index contributed by atoms with van der Waals surface area (Å²) in [6.07, 6.45) is 2.11. The van der Waals surface area contributed by atoms with Crippen LogP contribution in [0.2, 0.25) is 5.02 Å². The second-order valence-corrected chi connectivity index (χ2v) is 7.88. The topological polar surface area (TPSA) is 133 Å². The Morgan fingerprint density at radius 2 is 1.81 bits per heavy atom. The van der Waals surface area contributed by atoms with Gasteiger partial charge in [0.05, 0.1) is 21.5 Å². The van der Waals surface area contributed by atoms with Crippen LogP contribution in [0.1, 0.15) is 23.7 Å². The summed E-state index contributed by atoms with van der Waals surface area (Å²) in [5.41, 5.74) is 0.648. The summed E-state index contributed by atoms with van der Waals surface area (Å²) in [7, 11) is 0. The molecule has 2 amide bonds. The Balaban J connectivity index is 2.10. The van der Waals surface area contributed by atoms with Gasteiger partial charge < -0.3 is 20.8 Å². The van der Waals surface area contributed by atoms with Gasteiger partial charge in [-0.3, -0.25) is 9.59 Å². The van der Waals surface area contributed by atoms with Crippen molar-refractivity contribution in [3.05, 3.63) is 65.2 Å². The second-order valence-electron chi connectivity index (χ2n) is 6.19. The first-order chi connectivity index (χ1) is 14.7. The highest BCUT2D eigenvalue weighted by atomic mass is 35.5. The molecule has 0 fully saturated rings. The molecular formula is C21H19ClN2O6S. The Morgan fingerprint density at radius 3 is 2.45 bits per heavy atom. The van der Waals surface area contributed by atoms with E-state index >= 15 is 0 Å². The zero-order valence-corrected chi connectivity index (χ0v) is 17.9. The molecule has 0 aliphatic carbocycles. The number of nitrogens with one attached hydrogen (secondary N) is 2. The maximum absolute atomic E-state index is 12.7. The average molecular weight is 463 g/mol. The lowest BCUT2D eigenvalue weighted by Gasteiger charge is -2.16. The molecule has 0 aliphatic heterocycles. The van der Waals surface area contributed by atoms with Crippen LogP contribution in [-0.2, 0) is 14.4 Å². The number of hydrogen-bond acceptors (Lipinski definition) is 5. The van der Waals surface area contributed by atoms with Crippen molar-refractivity contribution in [1.29, 1.82) is 0 Å². The van der Waals surface area contributed by atoms with E-state index in [9.17, 15) is 19.2 Å². The zero-order chi connectivity index (χ0) is 23.0. The van der Waals surface area contributed by atoms with E-state index in [-0.39, 0.29) is 22.2 Å². The van der Waals surface area contributed by atoms with Crippen LogP contribution < -0.4 is 10.6 Å². The Labute approximate surface area is 187 Å². The van der Waals surface area contributed by atoms with Gasteiger partial charge in [0.2, 0.25) is 11.8 Å². The first kappa shape index (κ1) is 24.0. The third kappa shape index (κ3) is 7.47. The summed E-state index contributed by atoms with van der Waals surface area (Å²) >= 11 is 7.33. The van der Waals surface area contributed by atoms with Crippen molar-refractivity contribution in [1.82, 2.24) is 0 Å². The summed E-state index contributed by atoms with van der Waals surface area (Å²) in [6, 6.07) is 10.8. The van der Waals surface area contributed by atoms with Gasteiger partial charge >= 0.3 is 11.9 Å². The van der Waals surface area contributed by atoms with Gasteiger partial charge in [-0.05, 0) is 42.8 Å². The normalized spacial score (nSPS) is 11.7. The molecule has 162 valence electrons. The second kappa shape index (κ2) is 11.2. The van der Waals surface area contributed by atoms with Crippen molar-refractivity contribution < 1.29 is 29.4 Å². The summed E-state index contributed by atoms with van der Waals surface area (Å²) in [6.45, 7) is 1.83. The number of carbonyl (C=O) groups excluding carboxylic acids is 2. The number of carboxylic acids is 2. The molecule has 10 heteroatoms. The van der Waals surface area contributed by atoms with E-state index in [1.807, 2.05) is 6.92 Å². The van der Waals surface area contributed by atoms with Crippen LogP contribution in [-0.4, -0.2) is 39.2 Å². The lowest BCUT2D eigenvalue weighted by Crippen LogP contribution is -2.24. The maximum Gasteiger partial charge on any atom is 0.335 e. The van der Waals surface area contributed by atoms with Gasteiger partial charge in [0, 0.05) is 22.7 Å². The van der Waals surface area contributed by atoms with Crippen molar-refractivity contribution >= 4 is 58.5 Å². The van der Waals surface area contributed by atoms with E-state index < -0.39 is 23.1 Å². The standard InChI is InChI=1S/C21H19ClN2O6S/c1-2-17(20(28)24-16-10-12(21(29)30)6-7-15(16)22)31-14-5-3-4-13(11-14)23-18(25)8-9-19(26)27/h3-11,17H,2H2,1H3,(H,23,25)(H,24,28)(H,26,27)(H,29,30)/b9-8+. The van der Waals surface area contributed by atoms with Gasteiger partial charge in [0.25, 0.3) is 0 Å². The van der Waals surface area contributed by atoms with Crippen LogP contribution in [0, 0.1) is 0 Å². The highest BCUT2D eigenvalue weighted by Crippen LogP contribution is 2.30. The minimum absolute atomic E-state index is 0.000733. The molecule has 0 spiro atoms. The number of benzene rings is 2. The molecule has 0 aromatic heterocycles. The van der Waals surface area contributed by atoms with E-state index in [0.717, 1.165) is 12.2 Å². The van der Waals surface area contributed by atoms with Crippen LogP contribution in [0.5, 0.6) is 0 Å². The number of rotatable bonds is 9. The molecule has 1 unspecified atom stereocenters. The zero-order valence-electron chi connectivity index (χ0n) is 16.3. The van der Waals surface area contributed by atoms with Gasteiger partial charge in [-0.15, -0.1) is 11.8 Å². The first-order valence-electron chi connectivity index (χ1n) is 9.02. The van der Waals surface area contributed by atoms with Crippen molar-refractivity contribution in [3.8, 4) is 0 Å². The fraction of sp³-hybridized carbons (Fsp3) is 0.143. The van der Waals surface area contributed by atoms with Crippen molar-refractivity contribution in [2.24, 2.45) is 0 Å². The van der Waals surface area contributed by atoms with Gasteiger partial charge in [-0.2, -0.15) is 0 Å². The van der Waals surface area contributed by atoms with Gasteiger partial charge in [0.1, 0.15) is 0 Å². The largest absolute Gasteiger partial charge is 0.478 e. The third-order valence-electron chi connectivity index (χ3n) is 3.89. The SMILES string of the molecule is CCC(Sc1cccc(NC(=O)/C=C/C(=O)O)c1)C(=O)Nc1cc(C(=O)O)ccc1Cl. The van der Waals surface area contributed by atoms with Crippen molar-refractivity contribution in [2.45, 2.75) is 23.5 Å². The summed E-state index contributed by atoms with van der Waals surface area (Å²) < 4.78 is 0. The number of aliphatic carboxylic acids is 1. The summed E-state index contributed by atoms with van der Waals surface area (Å²) in [5, 5.41) is 22.6. The van der Waals surface area contributed by atoms with Crippen LogP contribution in [0.25, 0.3) is 0 Å². The highest BCUT2D eigenvalue weighted by molar-refractivity contribution is 8.00. The predicted octanol–water partition coefficient (Wildman–Crippen LogP) is 4.13. The van der Waals surface area contributed by atoms with Crippen molar-refractivity contribution in [3.63, 3.8) is 0 Å². The van der Waals surface area contributed by atoms with E-state index in [4.69, 9.17) is 21.8 Å². The number of amides is 2. The van der Waals surface area contributed by atoms with Gasteiger partial charge in [-0.25, -0.2) is 9.59 Å². The lowest BCUT2D eigenvalue weighted by atomic mass is 10.2. The molecule has 8 nitrogen and oxygen atoms in total. The molecule has 2 aromatic carbocycles. The lowest BCUT2D eigenvalue weighted by molar-refractivity contribution is -0.131. The first-order valence-corrected chi connectivity index (χ1v) is 10.3. The molecule has 0 radical (unpaired) electrons. The maximum atomic E-state index is 12.7. The summed E-state index contributed by atoms with van der Waals surface area (Å²) in [4.78, 5) is 46.8. The fourth-order valence-electron chi connectivity index (χ4n) is 2.43. The Hall–Kier alpha value is -3.30. The summed E-state index contributed by atoms with van der Waals surface area (Å²) in [5.74, 6) is -3.31. The molecule has 0 saturated heterocycles. The average Bonchev–Trinajstić information content (AvgIpc) is 2.72. The minimum atomic E-state index is -1.23. The smallest absolute Gasteiger partial charge is 0.335 e. The molecule has 4 N–H and O–H groups in total. The molecule has 2 rings (SSSR count). The number of thioether (sulfide) groups is 1. The molecule has 31 heavy (non-hydrogen) atoms. The van der Waals surface area contributed by atoms with Gasteiger partial charge in [-0.1, -0.05) is 24.6 Å². The Kier molecular flexibility index (Phi) is 8.65. The molecule has 2 aromatic rings. The number of anilines is 2. The van der Waals surface area contributed by atoms with Crippen molar-refractivity contribution in [2.75, 3.05) is 10.6 Å². The third-order valence-corrected chi connectivity index (χ3v) is 5.58.